The number of H-pyrrole nitrogens is 1. The molecule has 20 heavy (non-hydrogen) atoms. The molecule has 2 N–H and O–H groups in total. The standard InChI is InChI=1S/C14H15BrN2O3/c1-17(8-4-7-11(18)19)14(20)13-12(15)9-5-2-3-6-10(9)16-13/h2-3,5-6,16H,4,7-8H2,1H3,(H,18,19). The first-order valence-corrected chi connectivity index (χ1v) is 7.03. The van der Waals surface area contributed by atoms with Gasteiger partial charge < -0.3 is 15.0 Å². The Hall–Kier alpha value is -1.82. The van der Waals surface area contributed by atoms with E-state index in [-0.39, 0.29) is 12.3 Å². The molecule has 2 aromatic rings. The highest BCUT2D eigenvalue weighted by atomic mass is 79.9. The maximum atomic E-state index is 12.3. The first kappa shape index (κ1) is 14.6. The maximum absolute atomic E-state index is 12.3. The minimum absolute atomic E-state index is 0.0610. The summed E-state index contributed by atoms with van der Waals surface area (Å²) in [6.45, 7) is 0.410. The second-order valence-electron chi connectivity index (χ2n) is 4.58. The molecule has 0 aliphatic rings. The molecule has 0 fully saturated rings. The van der Waals surface area contributed by atoms with E-state index in [9.17, 15) is 9.59 Å². The number of carbonyl (C=O) groups excluding carboxylic acids is 1. The predicted molar refractivity (Wildman–Crippen MR) is 79.8 cm³/mol. The molecule has 0 aliphatic heterocycles. The summed E-state index contributed by atoms with van der Waals surface area (Å²) in [4.78, 5) is 27.4. The van der Waals surface area contributed by atoms with E-state index in [4.69, 9.17) is 5.11 Å². The third-order valence-electron chi connectivity index (χ3n) is 3.09. The van der Waals surface area contributed by atoms with E-state index in [2.05, 4.69) is 20.9 Å². The van der Waals surface area contributed by atoms with Crippen LogP contribution in [0.1, 0.15) is 23.3 Å². The first-order valence-electron chi connectivity index (χ1n) is 6.24. The van der Waals surface area contributed by atoms with Gasteiger partial charge in [0.25, 0.3) is 5.91 Å². The predicted octanol–water partition coefficient (Wildman–Crippen LogP) is 2.87. The molecule has 0 unspecified atom stereocenters. The second-order valence-corrected chi connectivity index (χ2v) is 5.38. The van der Waals surface area contributed by atoms with Crippen LogP contribution in [0.25, 0.3) is 10.9 Å². The van der Waals surface area contributed by atoms with Crippen molar-refractivity contribution in [1.29, 1.82) is 0 Å². The molecule has 5 nitrogen and oxygen atoms in total. The van der Waals surface area contributed by atoms with E-state index in [1.54, 1.807) is 7.05 Å². The monoisotopic (exact) mass is 338 g/mol. The number of nitrogens with one attached hydrogen (secondary N) is 1. The molecule has 0 saturated heterocycles. The number of aromatic nitrogens is 1. The Bertz CT molecular complexity index is 651. The number of amides is 1. The van der Waals surface area contributed by atoms with Crippen molar-refractivity contribution in [3.63, 3.8) is 0 Å². The van der Waals surface area contributed by atoms with Crippen LogP contribution in [0.4, 0.5) is 0 Å². The van der Waals surface area contributed by atoms with Crippen LogP contribution in [0.3, 0.4) is 0 Å². The van der Waals surface area contributed by atoms with Gasteiger partial charge >= 0.3 is 5.97 Å². The number of fused-ring (bicyclic) bond motifs is 1. The topological polar surface area (TPSA) is 73.4 Å². The molecule has 6 heteroatoms. The lowest BCUT2D eigenvalue weighted by Gasteiger charge is -2.15. The molecule has 1 aromatic carbocycles. The third-order valence-corrected chi connectivity index (χ3v) is 3.91. The van der Waals surface area contributed by atoms with Crippen molar-refractivity contribution in [3.05, 3.63) is 34.4 Å². The van der Waals surface area contributed by atoms with Gasteiger partial charge in [0.15, 0.2) is 0 Å². The van der Waals surface area contributed by atoms with E-state index >= 15 is 0 Å². The molecule has 0 radical (unpaired) electrons. The fraction of sp³-hybridized carbons (Fsp3) is 0.286. The summed E-state index contributed by atoms with van der Waals surface area (Å²) in [5, 5.41) is 9.56. The molecule has 1 amide bonds. The van der Waals surface area contributed by atoms with E-state index in [1.165, 1.54) is 4.90 Å². The largest absolute Gasteiger partial charge is 0.481 e. The smallest absolute Gasteiger partial charge is 0.303 e. The Morgan fingerprint density at radius 2 is 2.05 bits per heavy atom. The summed E-state index contributed by atoms with van der Waals surface area (Å²) >= 11 is 3.44. The number of benzene rings is 1. The van der Waals surface area contributed by atoms with Gasteiger partial charge in [0.1, 0.15) is 5.69 Å². The number of carboxylic acids is 1. The summed E-state index contributed by atoms with van der Waals surface area (Å²) in [6.07, 6.45) is 0.501. The lowest BCUT2D eigenvalue weighted by Crippen LogP contribution is -2.28. The molecule has 0 atom stereocenters. The van der Waals surface area contributed by atoms with Crippen LogP contribution in [0.2, 0.25) is 0 Å². The second kappa shape index (κ2) is 6.09. The van der Waals surface area contributed by atoms with Gasteiger partial charge in [-0.2, -0.15) is 0 Å². The molecule has 106 valence electrons. The van der Waals surface area contributed by atoms with Crippen molar-refractivity contribution in [2.45, 2.75) is 12.8 Å². The first-order chi connectivity index (χ1) is 9.50. The van der Waals surface area contributed by atoms with E-state index < -0.39 is 5.97 Å². The van der Waals surface area contributed by atoms with Crippen molar-refractivity contribution in [1.82, 2.24) is 9.88 Å². The maximum Gasteiger partial charge on any atom is 0.303 e. The molecule has 1 aromatic heterocycles. The van der Waals surface area contributed by atoms with Crippen LogP contribution in [0.15, 0.2) is 28.7 Å². The van der Waals surface area contributed by atoms with Crippen molar-refractivity contribution >= 4 is 38.7 Å². The number of rotatable bonds is 5. The summed E-state index contributed by atoms with van der Waals surface area (Å²) in [7, 11) is 1.67. The number of nitrogens with zero attached hydrogens (tertiary/aromatic N) is 1. The molecule has 2 rings (SSSR count). The fourth-order valence-electron chi connectivity index (χ4n) is 2.01. The number of carboxylic acid groups (broad SMARTS) is 1. The van der Waals surface area contributed by atoms with Crippen LogP contribution in [-0.4, -0.2) is 40.5 Å². The molecule has 1 heterocycles. The molecule has 0 aliphatic carbocycles. The van der Waals surface area contributed by atoms with Gasteiger partial charge in [-0.3, -0.25) is 9.59 Å². The number of carbonyl (C=O) groups is 2. The Labute approximate surface area is 124 Å². The highest BCUT2D eigenvalue weighted by Crippen LogP contribution is 2.28. The average molecular weight is 339 g/mol. The van der Waals surface area contributed by atoms with Gasteiger partial charge in [-0.15, -0.1) is 0 Å². The van der Waals surface area contributed by atoms with Crippen molar-refractivity contribution in [2.24, 2.45) is 0 Å². The highest BCUT2D eigenvalue weighted by molar-refractivity contribution is 9.10. The van der Waals surface area contributed by atoms with Gasteiger partial charge in [-0.05, 0) is 28.4 Å². The van der Waals surface area contributed by atoms with Crippen molar-refractivity contribution < 1.29 is 14.7 Å². The quantitative estimate of drug-likeness (QED) is 0.880. The number of halogens is 1. The minimum atomic E-state index is -0.849. The number of para-hydroxylation sites is 1. The number of aromatic amines is 1. The van der Waals surface area contributed by atoms with E-state index in [1.807, 2.05) is 24.3 Å². The number of hydrogen-bond donors (Lipinski definition) is 2. The average Bonchev–Trinajstić information content (AvgIpc) is 2.75. The molecular weight excluding hydrogens is 324 g/mol. The lowest BCUT2D eigenvalue weighted by atomic mass is 10.2. The van der Waals surface area contributed by atoms with Gasteiger partial charge in [-0.1, -0.05) is 18.2 Å². The Morgan fingerprint density at radius 3 is 2.70 bits per heavy atom. The van der Waals surface area contributed by atoms with Gasteiger partial charge in [0.2, 0.25) is 0 Å². The van der Waals surface area contributed by atoms with Gasteiger partial charge in [0.05, 0.1) is 4.47 Å². The van der Waals surface area contributed by atoms with Crippen molar-refractivity contribution in [3.8, 4) is 0 Å². The molecule has 0 saturated carbocycles. The molecule has 0 bridgehead atoms. The van der Waals surface area contributed by atoms with Gasteiger partial charge in [0, 0.05) is 30.9 Å². The highest BCUT2D eigenvalue weighted by Gasteiger charge is 2.19. The fourth-order valence-corrected chi connectivity index (χ4v) is 2.63. The zero-order chi connectivity index (χ0) is 14.7. The summed E-state index contributed by atoms with van der Waals surface area (Å²) in [5.74, 6) is -1.00. The Morgan fingerprint density at radius 1 is 1.35 bits per heavy atom. The van der Waals surface area contributed by atoms with Crippen molar-refractivity contribution in [2.75, 3.05) is 13.6 Å². The number of aliphatic carboxylic acids is 1. The van der Waals surface area contributed by atoms with Crippen LogP contribution in [-0.2, 0) is 4.79 Å². The normalized spacial score (nSPS) is 10.7. The zero-order valence-electron chi connectivity index (χ0n) is 11.0. The van der Waals surface area contributed by atoms with Crippen LogP contribution >= 0.6 is 15.9 Å². The van der Waals surface area contributed by atoms with Crippen LogP contribution in [0.5, 0.6) is 0 Å². The summed E-state index contributed by atoms with van der Waals surface area (Å²) in [6, 6.07) is 7.64. The van der Waals surface area contributed by atoms with Crippen LogP contribution < -0.4 is 0 Å². The summed E-state index contributed by atoms with van der Waals surface area (Å²) < 4.78 is 0.739. The number of hydrogen-bond acceptors (Lipinski definition) is 2. The zero-order valence-corrected chi connectivity index (χ0v) is 12.6. The minimum Gasteiger partial charge on any atom is -0.481 e. The Balaban J connectivity index is 2.14. The molecular formula is C14H15BrN2O3. The molecule has 0 spiro atoms. The third kappa shape index (κ3) is 3.01. The SMILES string of the molecule is CN(CCCC(=O)O)C(=O)c1[nH]c2ccccc2c1Br. The van der Waals surface area contributed by atoms with Crippen LogP contribution in [0, 0.1) is 0 Å². The van der Waals surface area contributed by atoms with E-state index in [0.717, 1.165) is 15.4 Å². The van der Waals surface area contributed by atoms with E-state index in [0.29, 0.717) is 18.7 Å². The Kier molecular flexibility index (Phi) is 4.44. The van der Waals surface area contributed by atoms with Gasteiger partial charge in [-0.25, -0.2) is 0 Å². The lowest BCUT2D eigenvalue weighted by molar-refractivity contribution is -0.137. The summed E-state index contributed by atoms with van der Waals surface area (Å²) in [5.41, 5.74) is 1.38.